The molecule has 0 spiro atoms. The van der Waals surface area contributed by atoms with Crippen LogP contribution in [0.1, 0.15) is 30.9 Å². The summed E-state index contributed by atoms with van der Waals surface area (Å²) >= 11 is 3.50. The van der Waals surface area contributed by atoms with Crippen molar-refractivity contribution in [3.63, 3.8) is 0 Å². The zero-order chi connectivity index (χ0) is 12.7. The minimum Gasteiger partial charge on any atom is -0.396 e. The molecule has 0 saturated heterocycles. The number of aliphatic hydroxyl groups is 1. The van der Waals surface area contributed by atoms with Crippen LogP contribution in [0.5, 0.6) is 0 Å². The SMILES string of the molecule is Cc1cc(CNCCCC(C)CO)ccc1Br. The first-order chi connectivity index (χ1) is 8.13. The monoisotopic (exact) mass is 299 g/mol. The van der Waals surface area contributed by atoms with Crippen molar-refractivity contribution < 1.29 is 5.11 Å². The number of hydrogen-bond donors (Lipinski definition) is 2. The number of benzene rings is 1. The van der Waals surface area contributed by atoms with Gasteiger partial charge in [-0.15, -0.1) is 0 Å². The third kappa shape index (κ3) is 5.66. The zero-order valence-corrected chi connectivity index (χ0v) is 12.3. The summed E-state index contributed by atoms with van der Waals surface area (Å²) in [7, 11) is 0. The predicted octanol–water partition coefficient (Wildman–Crippen LogP) is 3.26. The van der Waals surface area contributed by atoms with E-state index < -0.39 is 0 Å². The predicted molar refractivity (Wildman–Crippen MR) is 76.1 cm³/mol. The van der Waals surface area contributed by atoms with Gasteiger partial charge in [0, 0.05) is 17.6 Å². The molecule has 0 aliphatic rings. The number of nitrogens with one attached hydrogen (secondary N) is 1. The second-order valence-corrected chi connectivity index (χ2v) is 5.54. The molecule has 2 nitrogen and oxygen atoms in total. The van der Waals surface area contributed by atoms with E-state index in [9.17, 15) is 0 Å². The van der Waals surface area contributed by atoms with Gasteiger partial charge in [-0.05, 0) is 49.4 Å². The van der Waals surface area contributed by atoms with Gasteiger partial charge in [-0.25, -0.2) is 0 Å². The van der Waals surface area contributed by atoms with Crippen molar-refractivity contribution in [3.05, 3.63) is 33.8 Å². The number of hydrogen-bond acceptors (Lipinski definition) is 2. The Balaban J connectivity index is 2.20. The average Bonchev–Trinajstić information content (AvgIpc) is 2.33. The number of halogens is 1. The van der Waals surface area contributed by atoms with E-state index in [0.29, 0.717) is 12.5 Å². The van der Waals surface area contributed by atoms with Gasteiger partial charge in [-0.2, -0.15) is 0 Å². The average molecular weight is 300 g/mol. The van der Waals surface area contributed by atoms with Crippen LogP contribution in [0.3, 0.4) is 0 Å². The molecule has 1 aromatic carbocycles. The first kappa shape index (κ1) is 14.7. The van der Waals surface area contributed by atoms with E-state index in [4.69, 9.17) is 5.11 Å². The first-order valence-electron chi connectivity index (χ1n) is 6.20. The van der Waals surface area contributed by atoms with Gasteiger partial charge < -0.3 is 10.4 Å². The molecule has 1 aromatic rings. The second-order valence-electron chi connectivity index (χ2n) is 4.69. The van der Waals surface area contributed by atoms with Crippen LogP contribution in [-0.4, -0.2) is 18.3 Å². The summed E-state index contributed by atoms with van der Waals surface area (Å²) < 4.78 is 1.16. The topological polar surface area (TPSA) is 32.3 Å². The number of rotatable bonds is 7. The molecule has 0 aliphatic carbocycles. The quantitative estimate of drug-likeness (QED) is 0.758. The largest absolute Gasteiger partial charge is 0.396 e. The zero-order valence-electron chi connectivity index (χ0n) is 10.7. The molecule has 17 heavy (non-hydrogen) atoms. The minimum absolute atomic E-state index is 0.298. The summed E-state index contributed by atoms with van der Waals surface area (Å²) in [6.07, 6.45) is 2.21. The molecule has 0 amide bonds. The van der Waals surface area contributed by atoms with Gasteiger partial charge >= 0.3 is 0 Å². The first-order valence-corrected chi connectivity index (χ1v) is 6.99. The summed E-state index contributed by atoms with van der Waals surface area (Å²) in [5.41, 5.74) is 2.60. The number of aryl methyl sites for hydroxylation is 1. The summed E-state index contributed by atoms with van der Waals surface area (Å²) in [4.78, 5) is 0. The Bertz CT molecular complexity index is 341. The van der Waals surface area contributed by atoms with Gasteiger partial charge in [0.05, 0.1) is 0 Å². The van der Waals surface area contributed by atoms with Crippen LogP contribution < -0.4 is 5.32 Å². The van der Waals surface area contributed by atoms with E-state index in [2.05, 4.69) is 53.3 Å². The molecule has 0 aliphatic heterocycles. The lowest BCUT2D eigenvalue weighted by atomic mass is 10.1. The molecule has 2 N–H and O–H groups in total. The van der Waals surface area contributed by atoms with Gasteiger partial charge in [0.15, 0.2) is 0 Å². The van der Waals surface area contributed by atoms with Gasteiger partial charge in [0.2, 0.25) is 0 Å². The van der Waals surface area contributed by atoms with Crippen molar-refractivity contribution in [1.82, 2.24) is 5.32 Å². The Morgan fingerprint density at radius 1 is 1.41 bits per heavy atom. The maximum Gasteiger partial charge on any atom is 0.0456 e. The Hall–Kier alpha value is -0.380. The molecule has 0 heterocycles. The van der Waals surface area contributed by atoms with E-state index in [-0.39, 0.29) is 0 Å². The standard InChI is InChI=1S/C14H22BrNO/c1-11(10-17)4-3-7-16-9-13-5-6-14(15)12(2)8-13/h5-6,8,11,16-17H,3-4,7,9-10H2,1-2H3. The van der Waals surface area contributed by atoms with E-state index in [0.717, 1.165) is 30.4 Å². The molecule has 0 aromatic heterocycles. The lowest BCUT2D eigenvalue weighted by Crippen LogP contribution is -2.16. The van der Waals surface area contributed by atoms with Crippen LogP contribution in [0.2, 0.25) is 0 Å². The molecule has 1 atom stereocenters. The molecule has 0 radical (unpaired) electrons. The molecule has 96 valence electrons. The highest BCUT2D eigenvalue weighted by Crippen LogP contribution is 2.16. The molecule has 1 unspecified atom stereocenters. The van der Waals surface area contributed by atoms with Gasteiger partial charge in [0.1, 0.15) is 0 Å². The van der Waals surface area contributed by atoms with E-state index in [1.807, 2.05) is 0 Å². The summed E-state index contributed by atoms with van der Waals surface area (Å²) in [6, 6.07) is 6.44. The van der Waals surface area contributed by atoms with Crippen LogP contribution in [0, 0.1) is 12.8 Å². The van der Waals surface area contributed by atoms with Crippen LogP contribution in [0.25, 0.3) is 0 Å². The smallest absolute Gasteiger partial charge is 0.0456 e. The molecule has 0 fully saturated rings. The summed E-state index contributed by atoms with van der Waals surface area (Å²) in [5.74, 6) is 0.423. The molecular weight excluding hydrogens is 278 g/mol. The van der Waals surface area contributed by atoms with Gasteiger partial charge in [-0.3, -0.25) is 0 Å². The minimum atomic E-state index is 0.298. The number of aliphatic hydroxyl groups excluding tert-OH is 1. The Morgan fingerprint density at radius 3 is 2.82 bits per heavy atom. The Labute approximate surface area is 113 Å². The molecule has 1 rings (SSSR count). The molecule has 0 saturated carbocycles. The lowest BCUT2D eigenvalue weighted by Gasteiger charge is -2.09. The second kappa shape index (κ2) is 7.85. The molecule has 0 bridgehead atoms. The third-order valence-corrected chi connectivity index (χ3v) is 3.80. The van der Waals surface area contributed by atoms with Crippen LogP contribution in [0.4, 0.5) is 0 Å². The van der Waals surface area contributed by atoms with Crippen LogP contribution in [0.15, 0.2) is 22.7 Å². The van der Waals surface area contributed by atoms with E-state index >= 15 is 0 Å². The highest BCUT2D eigenvalue weighted by Gasteiger charge is 2.00. The Morgan fingerprint density at radius 2 is 2.18 bits per heavy atom. The fraction of sp³-hybridized carbons (Fsp3) is 0.571. The van der Waals surface area contributed by atoms with Crippen molar-refractivity contribution in [1.29, 1.82) is 0 Å². The fourth-order valence-electron chi connectivity index (χ4n) is 1.72. The third-order valence-electron chi connectivity index (χ3n) is 2.91. The van der Waals surface area contributed by atoms with E-state index in [1.54, 1.807) is 0 Å². The van der Waals surface area contributed by atoms with Crippen molar-refractivity contribution in [2.45, 2.75) is 33.2 Å². The van der Waals surface area contributed by atoms with Crippen molar-refractivity contribution in [3.8, 4) is 0 Å². The van der Waals surface area contributed by atoms with E-state index in [1.165, 1.54) is 11.1 Å². The fourth-order valence-corrected chi connectivity index (χ4v) is 1.96. The lowest BCUT2D eigenvalue weighted by molar-refractivity contribution is 0.228. The summed E-state index contributed by atoms with van der Waals surface area (Å²) in [5, 5.41) is 12.3. The summed E-state index contributed by atoms with van der Waals surface area (Å²) in [6.45, 7) is 6.42. The van der Waals surface area contributed by atoms with Crippen molar-refractivity contribution in [2.75, 3.05) is 13.2 Å². The van der Waals surface area contributed by atoms with Crippen LogP contribution in [-0.2, 0) is 6.54 Å². The van der Waals surface area contributed by atoms with Crippen molar-refractivity contribution in [2.24, 2.45) is 5.92 Å². The molecule has 3 heteroatoms. The van der Waals surface area contributed by atoms with Crippen molar-refractivity contribution >= 4 is 15.9 Å². The highest BCUT2D eigenvalue weighted by molar-refractivity contribution is 9.10. The Kier molecular flexibility index (Phi) is 6.78. The maximum absolute atomic E-state index is 8.90. The van der Waals surface area contributed by atoms with Gasteiger partial charge in [0.25, 0.3) is 0 Å². The maximum atomic E-state index is 8.90. The molecular formula is C14H22BrNO. The highest BCUT2D eigenvalue weighted by atomic mass is 79.9. The van der Waals surface area contributed by atoms with Gasteiger partial charge in [-0.1, -0.05) is 35.0 Å². The van der Waals surface area contributed by atoms with Crippen LogP contribution >= 0.6 is 15.9 Å². The normalized spacial score (nSPS) is 12.7.